The van der Waals surface area contributed by atoms with E-state index in [2.05, 4.69) is 10.5 Å². The number of aryl methyl sites for hydroxylation is 1. The van der Waals surface area contributed by atoms with Gasteiger partial charge in [-0.15, -0.1) is 11.3 Å². The number of nitrogens with one attached hydrogen (secondary N) is 1. The molecule has 0 fully saturated rings. The average molecular weight is 172 g/mol. The summed E-state index contributed by atoms with van der Waals surface area (Å²) in [6.07, 6.45) is 0. The summed E-state index contributed by atoms with van der Waals surface area (Å²) in [6, 6.07) is 0.171. The first kappa shape index (κ1) is 8.64. The fourth-order valence-corrected chi connectivity index (χ4v) is 1.52. The van der Waals surface area contributed by atoms with Crippen LogP contribution in [0.3, 0.4) is 0 Å². The van der Waals surface area contributed by atoms with Gasteiger partial charge in [-0.3, -0.25) is 0 Å². The minimum Gasteiger partial charge on any atom is -0.304 e. The maximum Gasteiger partial charge on any atom is 0.0898 e. The van der Waals surface area contributed by atoms with Crippen molar-refractivity contribution in [3.05, 3.63) is 16.1 Å². The summed E-state index contributed by atoms with van der Waals surface area (Å²) < 4.78 is 0. The van der Waals surface area contributed by atoms with Gasteiger partial charge in [0.1, 0.15) is 0 Å². The molecular weight excluding hydrogens is 160 g/mol. The van der Waals surface area contributed by atoms with E-state index < -0.39 is 0 Å². The van der Waals surface area contributed by atoms with Crippen LogP contribution in [0.5, 0.6) is 0 Å². The maximum atomic E-state index is 4.78. The summed E-state index contributed by atoms with van der Waals surface area (Å²) in [6.45, 7) is 4.01. The molecule has 1 rings (SSSR count). The van der Waals surface area contributed by atoms with Crippen LogP contribution in [0.2, 0.25) is 0 Å². The molecule has 0 radical (unpaired) electrons. The zero-order valence-electron chi connectivity index (χ0n) is 6.92. The molecule has 1 unspecified atom stereocenters. The van der Waals surface area contributed by atoms with E-state index in [1.54, 1.807) is 18.4 Å². The topological polar surface area (TPSA) is 34.1 Å². The van der Waals surface area contributed by atoms with Crippen molar-refractivity contribution in [2.24, 2.45) is 0 Å². The molecule has 0 spiro atoms. The second-order valence-corrected chi connectivity index (χ2v) is 3.40. The second kappa shape index (κ2) is 3.80. The number of hydroxylamine groups is 1. The van der Waals surface area contributed by atoms with Crippen molar-refractivity contribution in [3.63, 3.8) is 0 Å². The first-order valence-electron chi connectivity index (χ1n) is 3.44. The number of thiazole rings is 1. The summed E-state index contributed by atoms with van der Waals surface area (Å²) in [7, 11) is 1.61. The lowest BCUT2D eigenvalue weighted by Crippen LogP contribution is -2.16. The zero-order chi connectivity index (χ0) is 8.27. The van der Waals surface area contributed by atoms with Gasteiger partial charge in [-0.25, -0.2) is 4.98 Å². The van der Waals surface area contributed by atoms with Gasteiger partial charge >= 0.3 is 0 Å². The summed E-state index contributed by atoms with van der Waals surface area (Å²) in [5.41, 5.74) is 3.86. The van der Waals surface area contributed by atoms with E-state index >= 15 is 0 Å². The van der Waals surface area contributed by atoms with Crippen LogP contribution in [-0.4, -0.2) is 12.1 Å². The highest BCUT2D eigenvalue weighted by atomic mass is 32.1. The van der Waals surface area contributed by atoms with Gasteiger partial charge in [0.2, 0.25) is 0 Å². The first-order valence-corrected chi connectivity index (χ1v) is 4.32. The Balaban J connectivity index is 2.60. The highest BCUT2D eigenvalue weighted by Gasteiger charge is 2.06. The number of hydrogen-bond donors (Lipinski definition) is 1. The van der Waals surface area contributed by atoms with E-state index in [4.69, 9.17) is 4.84 Å². The predicted octanol–water partition coefficient (Wildman–Crippen LogP) is 1.66. The van der Waals surface area contributed by atoms with E-state index in [9.17, 15) is 0 Å². The first-order chi connectivity index (χ1) is 5.24. The van der Waals surface area contributed by atoms with Gasteiger partial charge in [0, 0.05) is 5.38 Å². The molecule has 1 aromatic rings. The number of aromatic nitrogens is 1. The largest absolute Gasteiger partial charge is 0.304 e. The van der Waals surface area contributed by atoms with Crippen LogP contribution >= 0.6 is 11.3 Å². The van der Waals surface area contributed by atoms with Crippen LogP contribution < -0.4 is 5.48 Å². The molecule has 1 N–H and O–H groups in total. The fraction of sp³-hybridized carbons (Fsp3) is 0.571. The van der Waals surface area contributed by atoms with Crippen LogP contribution in [0.1, 0.15) is 23.7 Å². The van der Waals surface area contributed by atoms with Crippen molar-refractivity contribution in [2.75, 3.05) is 7.11 Å². The van der Waals surface area contributed by atoms with E-state index in [1.807, 2.05) is 19.2 Å². The Morgan fingerprint density at radius 2 is 2.45 bits per heavy atom. The van der Waals surface area contributed by atoms with Crippen molar-refractivity contribution in [1.29, 1.82) is 0 Å². The van der Waals surface area contributed by atoms with Gasteiger partial charge in [0.15, 0.2) is 0 Å². The van der Waals surface area contributed by atoms with Crippen LogP contribution in [0.25, 0.3) is 0 Å². The highest BCUT2D eigenvalue weighted by Crippen LogP contribution is 2.14. The SMILES string of the molecule is CONC(C)c1csc(C)n1. The Bertz CT molecular complexity index is 224. The highest BCUT2D eigenvalue weighted by molar-refractivity contribution is 7.09. The minimum absolute atomic E-state index is 0.171. The minimum atomic E-state index is 0.171. The molecule has 0 bridgehead atoms. The Labute approximate surface area is 70.4 Å². The lowest BCUT2D eigenvalue weighted by molar-refractivity contribution is 0.0648. The van der Waals surface area contributed by atoms with E-state index in [1.165, 1.54) is 0 Å². The Kier molecular flexibility index (Phi) is 2.99. The molecule has 0 saturated carbocycles. The molecule has 62 valence electrons. The smallest absolute Gasteiger partial charge is 0.0898 e. The van der Waals surface area contributed by atoms with Crippen molar-refractivity contribution in [3.8, 4) is 0 Å². The van der Waals surface area contributed by atoms with Crippen LogP contribution in [0.4, 0.5) is 0 Å². The fourth-order valence-electron chi connectivity index (χ4n) is 0.816. The quantitative estimate of drug-likeness (QED) is 0.704. The normalized spacial score (nSPS) is 13.4. The molecule has 3 nitrogen and oxygen atoms in total. The third-order valence-corrected chi connectivity index (χ3v) is 2.17. The zero-order valence-corrected chi connectivity index (χ0v) is 7.73. The standard InChI is InChI=1S/C7H12N2OS/c1-5(9-10-3)7-4-11-6(2)8-7/h4-5,9H,1-3H3. The lowest BCUT2D eigenvalue weighted by atomic mass is 10.3. The molecule has 0 amide bonds. The van der Waals surface area contributed by atoms with Crippen molar-refractivity contribution in [2.45, 2.75) is 19.9 Å². The number of rotatable bonds is 3. The Hall–Kier alpha value is -0.450. The van der Waals surface area contributed by atoms with Crippen LogP contribution in [0.15, 0.2) is 5.38 Å². The summed E-state index contributed by atoms with van der Waals surface area (Å²) >= 11 is 1.65. The molecule has 1 heterocycles. The van der Waals surface area contributed by atoms with Gasteiger partial charge in [-0.1, -0.05) is 0 Å². The van der Waals surface area contributed by atoms with Gasteiger partial charge in [0.05, 0.1) is 23.9 Å². The predicted molar refractivity (Wildman–Crippen MR) is 45.4 cm³/mol. The van der Waals surface area contributed by atoms with Gasteiger partial charge in [-0.05, 0) is 13.8 Å². The molecule has 1 atom stereocenters. The van der Waals surface area contributed by atoms with Crippen LogP contribution in [0, 0.1) is 6.92 Å². The van der Waals surface area contributed by atoms with E-state index in [-0.39, 0.29) is 6.04 Å². The Morgan fingerprint density at radius 3 is 2.91 bits per heavy atom. The molecule has 0 aromatic carbocycles. The summed E-state index contributed by atoms with van der Waals surface area (Å²) in [5.74, 6) is 0. The second-order valence-electron chi connectivity index (χ2n) is 2.34. The van der Waals surface area contributed by atoms with Gasteiger partial charge in [-0.2, -0.15) is 5.48 Å². The molecule has 11 heavy (non-hydrogen) atoms. The molecular formula is C7H12N2OS. The average Bonchev–Trinajstić information content (AvgIpc) is 2.36. The lowest BCUT2D eigenvalue weighted by Gasteiger charge is -2.07. The van der Waals surface area contributed by atoms with Crippen molar-refractivity contribution < 1.29 is 4.84 Å². The number of nitrogens with zero attached hydrogens (tertiary/aromatic N) is 1. The molecule has 0 saturated heterocycles. The molecule has 4 heteroatoms. The molecule has 0 aliphatic heterocycles. The third kappa shape index (κ3) is 2.25. The summed E-state index contributed by atoms with van der Waals surface area (Å²) in [4.78, 5) is 9.09. The van der Waals surface area contributed by atoms with E-state index in [0.717, 1.165) is 10.7 Å². The van der Waals surface area contributed by atoms with E-state index in [0.29, 0.717) is 0 Å². The van der Waals surface area contributed by atoms with Crippen molar-refractivity contribution in [1.82, 2.24) is 10.5 Å². The number of hydrogen-bond acceptors (Lipinski definition) is 4. The monoisotopic (exact) mass is 172 g/mol. The molecule has 1 aromatic heterocycles. The molecule has 0 aliphatic carbocycles. The summed E-state index contributed by atoms with van der Waals surface area (Å²) in [5, 5.41) is 3.12. The van der Waals surface area contributed by atoms with Gasteiger partial charge in [0.25, 0.3) is 0 Å². The third-order valence-electron chi connectivity index (χ3n) is 1.38. The molecule has 0 aliphatic rings. The van der Waals surface area contributed by atoms with Crippen molar-refractivity contribution >= 4 is 11.3 Å². The van der Waals surface area contributed by atoms with Crippen LogP contribution in [-0.2, 0) is 4.84 Å². The Morgan fingerprint density at radius 1 is 1.73 bits per heavy atom. The maximum absolute atomic E-state index is 4.78. The van der Waals surface area contributed by atoms with Gasteiger partial charge < -0.3 is 4.84 Å².